The number of guanidine groups is 1. The third kappa shape index (κ3) is 5.25. The highest BCUT2D eigenvalue weighted by molar-refractivity contribution is 7.10. The van der Waals surface area contributed by atoms with Crippen LogP contribution in [0.1, 0.15) is 29.3 Å². The van der Waals surface area contributed by atoms with Crippen LogP contribution in [0, 0.1) is 0 Å². The number of aliphatic imine (C=N–C) groups is 1. The number of ether oxygens (including phenoxy) is 1. The SMILES string of the molecule is CCOc1ccccc1CNC(=NC)NCCC(=O)N1CCc2sccc2C1. The Labute approximate surface area is 170 Å². The summed E-state index contributed by atoms with van der Waals surface area (Å²) in [6.45, 7) is 5.32. The fourth-order valence-corrected chi connectivity index (χ4v) is 4.14. The molecule has 28 heavy (non-hydrogen) atoms. The van der Waals surface area contributed by atoms with E-state index < -0.39 is 0 Å². The van der Waals surface area contributed by atoms with E-state index in [4.69, 9.17) is 4.74 Å². The highest BCUT2D eigenvalue weighted by Crippen LogP contribution is 2.24. The van der Waals surface area contributed by atoms with Crippen LogP contribution < -0.4 is 15.4 Å². The minimum Gasteiger partial charge on any atom is -0.494 e. The maximum absolute atomic E-state index is 12.5. The minimum absolute atomic E-state index is 0.182. The highest BCUT2D eigenvalue weighted by Gasteiger charge is 2.21. The Kier molecular flexibility index (Phi) is 7.31. The normalized spacial score (nSPS) is 13.8. The predicted molar refractivity (Wildman–Crippen MR) is 114 cm³/mol. The Morgan fingerprint density at radius 2 is 2.14 bits per heavy atom. The monoisotopic (exact) mass is 400 g/mol. The van der Waals surface area contributed by atoms with E-state index in [1.807, 2.05) is 36.1 Å². The first-order valence-electron chi connectivity index (χ1n) is 9.69. The first-order chi connectivity index (χ1) is 13.7. The fraction of sp³-hybridized carbons (Fsp3) is 0.429. The summed E-state index contributed by atoms with van der Waals surface area (Å²) >= 11 is 1.79. The van der Waals surface area contributed by atoms with Crippen LogP contribution in [0.25, 0.3) is 0 Å². The number of thiophene rings is 1. The molecular weight excluding hydrogens is 372 g/mol. The van der Waals surface area contributed by atoms with E-state index in [9.17, 15) is 4.79 Å². The van der Waals surface area contributed by atoms with Crippen LogP contribution in [0.3, 0.4) is 0 Å². The number of para-hydroxylation sites is 1. The second kappa shape index (κ2) is 10.1. The molecule has 6 nitrogen and oxygen atoms in total. The molecule has 1 aliphatic rings. The Morgan fingerprint density at radius 3 is 2.96 bits per heavy atom. The van der Waals surface area contributed by atoms with Gasteiger partial charge < -0.3 is 20.3 Å². The highest BCUT2D eigenvalue weighted by atomic mass is 32.1. The van der Waals surface area contributed by atoms with E-state index in [-0.39, 0.29) is 5.91 Å². The topological polar surface area (TPSA) is 66.0 Å². The summed E-state index contributed by atoms with van der Waals surface area (Å²) in [4.78, 5) is 20.1. The number of nitrogens with zero attached hydrogens (tertiary/aromatic N) is 2. The summed E-state index contributed by atoms with van der Waals surface area (Å²) in [6.07, 6.45) is 1.42. The maximum Gasteiger partial charge on any atom is 0.224 e. The molecule has 0 saturated heterocycles. The zero-order chi connectivity index (χ0) is 19.8. The average Bonchev–Trinajstić information content (AvgIpc) is 3.19. The van der Waals surface area contributed by atoms with Crippen molar-refractivity contribution in [3.63, 3.8) is 0 Å². The van der Waals surface area contributed by atoms with Crippen molar-refractivity contribution in [1.82, 2.24) is 15.5 Å². The van der Waals surface area contributed by atoms with Gasteiger partial charge in [-0.25, -0.2) is 0 Å². The average molecular weight is 401 g/mol. The smallest absolute Gasteiger partial charge is 0.224 e. The number of carbonyl (C=O) groups excluding carboxylic acids is 1. The van der Waals surface area contributed by atoms with Crippen molar-refractivity contribution < 1.29 is 9.53 Å². The van der Waals surface area contributed by atoms with Crippen molar-refractivity contribution in [2.24, 2.45) is 4.99 Å². The number of fused-ring (bicyclic) bond motifs is 1. The van der Waals surface area contributed by atoms with Gasteiger partial charge in [0.05, 0.1) is 6.61 Å². The van der Waals surface area contributed by atoms with Crippen molar-refractivity contribution >= 4 is 23.2 Å². The molecule has 0 aliphatic carbocycles. The quantitative estimate of drug-likeness (QED) is 0.554. The van der Waals surface area contributed by atoms with Crippen molar-refractivity contribution in [3.8, 4) is 5.75 Å². The van der Waals surface area contributed by atoms with Gasteiger partial charge in [0.1, 0.15) is 5.75 Å². The van der Waals surface area contributed by atoms with Crippen molar-refractivity contribution in [3.05, 3.63) is 51.7 Å². The molecule has 0 radical (unpaired) electrons. The van der Waals surface area contributed by atoms with Gasteiger partial charge in [-0.2, -0.15) is 0 Å². The molecule has 150 valence electrons. The van der Waals surface area contributed by atoms with E-state index >= 15 is 0 Å². The Morgan fingerprint density at radius 1 is 1.29 bits per heavy atom. The maximum atomic E-state index is 12.5. The number of nitrogens with one attached hydrogen (secondary N) is 2. The number of rotatable bonds is 7. The second-order valence-corrected chi connectivity index (χ2v) is 7.58. The largest absolute Gasteiger partial charge is 0.494 e. The Hall–Kier alpha value is -2.54. The third-order valence-electron chi connectivity index (χ3n) is 4.73. The van der Waals surface area contributed by atoms with Crippen LogP contribution >= 0.6 is 11.3 Å². The molecule has 3 rings (SSSR count). The van der Waals surface area contributed by atoms with Crippen LogP contribution in [0.2, 0.25) is 0 Å². The summed E-state index contributed by atoms with van der Waals surface area (Å²) < 4.78 is 5.65. The molecule has 2 heterocycles. The molecule has 1 aromatic carbocycles. The molecule has 2 aromatic rings. The molecule has 0 spiro atoms. The number of hydrogen-bond donors (Lipinski definition) is 2. The first-order valence-corrected chi connectivity index (χ1v) is 10.6. The summed E-state index contributed by atoms with van der Waals surface area (Å²) in [5.41, 5.74) is 2.37. The lowest BCUT2D eigenvalue weighted by Gasteiger charge is -2.27. The molecule has 0 fully saturated rings. The van der Waals surface area contributed by atoms with Crippen LogP contribution in [-0.4, -0.2) is 43.5 Å². The van der Waals surface area contributed by atoms with E-state index in [0.29, 0.717) is 32.1 Å². The van der Waals surface area contributed by atoms with Crippen LogP contribution in [0.4, 0.5) is 0 Å². The standard InChI is InChI=1S/C21H28N4O2S/c1-3-27-18-7-5-4-6-16(18)14-24-21(22-2)23-11-8-20(26)25-12-9-19-17(15-25)10-13-28-19/h4-7,10,13H,3,8-9,11-12,14-15H2,1-2H3,(H2,22,23,24). The van der Waals surface area contributed by atoms with Crippen LogP contribution in [0.15, 0.2) is 40.7 Å². The Balaban J connectivity index is 1.43. The third-order valence-corrected chi connectivity index (χ3v) is 5.76. The van der Waals surface area contributed by atoms with Crippen LogP contribution in [-0.2, 0) is 24.3 Å². The van der Waals surface area contributed by atoms with Gasteiger partial charge in [-0.3, -0.25) is 9.79 Å². The summed E-state index contributed by atoms with van der Waals surface area (Å²) in [7, 11) is 1.73. The number of hydrogen-bond acceptors (Lipinski definition) is 4. The van der Waals surface area contributed by atoms with Gasteiger partial charge >= 0.3 is 0 Å². The summed E-state index contributed by atoms with van der Waals surface area (Å²) in [5.74, 6) is 1.74. The molecule has 2 N–H and O–H groups in total. The van der Waals surface area contributed by atoms with Gasteiger partial charge in [-0.15, -0.1) is 11.3 Å². The van der Waals surface area contributed by atoms with Gasteiger partial charge in [0, 0.05) is 50.1 Å². The summed E-state index contributed by atoms with van der Waals surface area (Å²) in [6, 6.07) is 10.1. The van der Waals surface area contributed by atoms with E-state index in [1.54, 1.807) is 18.4 Å². The number of amides is 1. The first kappa shape index (κ1) is 20.2. The molecule has 7 heteroatoms. The fourth-order valence-electron chi connectivity index (χ4n) is 3.25. The van der Waals surface area contributed by atoms with E-state index in [1.165, 1.54) is 10.4 Å². The molecule has 0 unspecified atom stereocenters. The lowest BCUT2D eigenvalue weighted by molar-refractivity contribution is -0.131. The van der Waals surface area contributed by atoms with Crippen molar-refractivity contribution in [2.75, 3.05) is 26.7 Å². The molecule has 1 amide bonds. The number of benzene rings is 1. The van der Waals surface area contributed by atoms with E-state index in [2.05, 4.69) is 27.1 Å². The van der Waals surface area contributed by atoms with Gasteiger partial charge in [-0.05, 0) is 36.4 Å². The zero-order valence-electron chi connectivity index (χ0n) is 16.5. The Bertz CT molecular complexity index is 818. The molecule has 0 atom stereocenters. The second-order valence-electron chi connectivity index (χ2n) is 6.58. The van der Waals surface area contributed by atoms with Crippen molar-refractivity contribution in [1.29, 1.82) is 0 Å². The van der Waals surface area contributed by atoms with Gasteiger partial charge in [0.2, 0.25) is 5.91 Å². The molecule has 0 saturated carbocycles. The molecular formula is C21H28N4O2S. The summed E-state index contributed by atoms with van der Waals surface area (Å²) in [5, 5.41) is 8.62. The van der Waals surface area contributed by atoms with Gasteiger partial charge in [0.15, 0.2) is 5.96 Å². The van der Waals surface area contributed by atoms with Gasteiger partial charge in [-0.1, -0.05) is 18.2 Å². The van der Waals surface area contributed by atoms with Crippen molar-refractivity contribution in [2.45, 2.75) is 32.9 Å². The van der Waals surface area contributed by atoms with E-state index in [0.717, 1.165) is 30.8 Å². The zero-order valence-corrected chi connectivity index (χ0v) is 17.3. The van der Waals surface area contributed by atoms with Crippen LogP contribution in [0.5, 0.6) is 5.75 Å². The lowest BCUT2D eigenvalue weighted by Crippen LogP contribution is -2.40. The predicted octanol–water partition coefficient (Wildman–Crippen LogP) is 2.79. The minimum atomic E-state index is 0.182. The molecule has 1 aliphatic heterocycles. The van der Waals surface area contributed by atoms with Gasteiger partial charge in [0.25, 0.3) is 0 Å². The molecule has 1 aromatic heterocycles. The number of carbonyl (C=O) groups is 1. The molecule has 0 bridgehead atoms. The lowest BCUT2D eigenvalue weighted by atomic mass is 10.1.